The summed E-state index contributed by atoms with van der Waals surface area (Å²) >= 11 is 0. The van der Waals surface area contributed by atoms with Crippen molar-refractivity contribution in [2.75, 3.05) is 5.32 Å². The van der Waals surface area contributed by atoms with Gasteiger partial charge in [-0.1, -0.05) is 6.07 Å². The van der Waals surface area contributed by atoms with Crippen molar-refractivity contribution in [1.29, 1.82) is 0 Å². The van der Waals surface area contributed by atoms with Gasteiger partial charge in [-0.25, -0.2) is 15.0 Å². The van der Waals surface area contributed by atoms with Gasteiger partial charge in [-0.05, 0) is 24.3 Å². The lowest BCUT2D eigenvalue weighted by molar-refractivity contribution is 1.15. The number of hydrogen-bond donors (Lipinski definition) is 2. The SMILES string of the molecule is c1ccc(Nc2nccc(-c3c[nH]c4ccncc34)n2)nc1. The quantitative estimate of drug-likeness (QED) is 0.605. The van der Waals surface area contributed by atoms with Crippen molar-refractivity contribution in [2.45, 2.75) is 0 Å². The van der Waals surface area contributed by atoms with Crippen LogP contribution in [0.4, 0.5) is 11.8 Å². The van der Waals surface area contributed by atoms with E-state index in [0.717, 1.165) is 22.2 Å². The maximum atomic E-state index is 4.55. The summed E-state index contributed by atoms with van der Waals surface area (Å²) in [4.78, 5) is 20.4. The summed E-state index contributed by atoms with van der Waals surface area (Å²) in [7, 11) is 0. The van der Waals surface area contributed by atoms with Gasteiger partial charge in [-0.15, -0.1) is 0 Å². The van der Waals surface area contributed by atoms with Crippen molar-refractivity contribution in [1.82, 2.24) is 24.9 Å². The van der Waals surface area contributed by atoms with Gasteiger partial charge in [0.15, 0.2) is 0 Å². The van der Waals surface area contributed by atoms with E-state index in [-0.39, 0.29) is 0 Å². The molecular weight excluding hydrogens is 276 g/mol. The number of aromatic amines is 1. The molecule has 0 unspecified atom stereocenters. The highest BCUT2D eigenvalue weighted by Crippen LogP contribution is 2.26. The molecule has 22 heavy (non-hydrogen) atoms. The molecule has 6 nitrogen and oxygen atoms in total. The van der Waals surface area contributed by atoms with Crippen LogP contribution in [0.3, 0.4) is 0 Å². The second-order valence-corrected chi connectivity index (χ2v) is 4.73. The van der Waals surface area contributed by atoms with Crippen LogP contribution in [0, 0.1) is 0 Å². The molecule has 106 valence electrons. The van der Waals surface area contributed by atoms with Gasteiger partial charge in [0.05, 0.1) is 5.69 Å². The van der Waals surface area contributed by atoms with E-state index in [4.69, 9.17) is 0 Å². The first-order valence-electron chi connectivity index (χ1n) is 6.83. The topological polar surface area (TPSA) is 79.4 Å². The van der Waals surface area contributed by atoms with Crippen molar-refractivity contribution in [3.8, 4) is 11.3 Å². The lowest BCUT2D eigenvalue weighted by Crippen LogP contribution is -1.98. The lowest BCUT2D eigenvalue weighted by atomic mass is 10.1. The Bertz CT molecular complexity index is 916. The van der Waals surface area contributed by atoms with E-state index in [1.54, 1.807) is 18.6 Å². The molecule has 0 aliphatic carbocycles. The molecular formula is C16H12N6. The zero-order valence-corrected chi connectivity index (χ0v) is 11.6. The van der Waals surface area contributed by atoms with Crippen LogP contribution >= 0.6 is 0 Å². The van der Waals surface area contributed by atoms with Crippen molar-refractivity contribution >= 4 is 22.7 Å². The summed E-state index contributed by atoms with van der Waals surface area (Å²) in [6.45, 7) is 0. The fraction of sp³-hybridized carbons (Fsp3) is 0. The van der Waals surface area contributed by atoms with Crippen LogP contribution in [0.15, 0.2) is 61.3 Å². The average Bonchev–Trinajstić information content (AvgIpc) is 3.00. The molecule has 0 atom stereocenters. The molecule has 4 aromatic rings. The molecule has 4 aromatic heterocycles. The highest BCUT2D eigenvalue weighted by Gasteiger charge is 2.08. The molecule has 0 aliphatic rings. The second kappa shape index (κ2) is 5.25. The molecule has 0 aromatic carbocycles. The van der Waals surface area contributed by atoms with Crippen LogP contribution < -0.4 is 5.32 Å². The van der Waals surface area contributed by atoms with Gasteiger partial charge in [-0.3, -0.25) is 4.98 Å². The van der Waals surface area contributed by atoms with Gasteiger partial charge < -0.3 is 10.3 Å². The first kappa shape index (κ1) is 12.5. The average molecular weight is 288 g/mol. The minimum atomic E-state index is 0.509. The maximum Gasteiger partial charge on any atom is 0.228 e. The third-order valence-electron chi connectivity index (χ3n) is 3.32. The number of nitrogens with one attached hydrogen (secondary N) is 2. The number of pyridine rings is 2. The third kappa shape index (κ3) is 2.26. The third-order valence-corrected chi connectivity index (χ3v) is 3.32. The standard InChI is InChI=1S/C16H12N6/c1-2-6-18-15(3-1)22-16-19-8-5-14(21-16)12-10-20-13-4-7-17-9-11(12)13/h1-10,20H,(H,18,19,21,22). The molecule has 4 heterocycles. The van der Waals surface area contributed by atoms with Crippen molar-refractivity contribution in [2.24, 2.45) is 0 Å². The smallest absolute Gasteiger partial charge is 0.228 e. The summed E-state index contributed by atoms with van der Waals surface area (Å²) in [5.74, 6) is 1.22. The maximum absolute atomic E-state index is 4.55. The fourth-order valence-electron chi connectivity index (χ4n) is 2.29. The molecule has 0 fully saturated rings. The second-order valence-electron chi connectivity index (χ2n) is 4.73. The van der Waals surface area contributed by atoms with E-state index < -0.39 is 0 Å². The molecule has 0 aliphatic heterocycles. The number of fused-ring (bicyclic) bond motifs is 1. The first-order valence-corrected chi connectivity index (χ1v) is 6.83. The monoisotopic (exact) mass is 288 g/mol. The Balaban J connectivity index is 1.73. The molecule has 0 saturated heterocycles. The van der Waals surface area contributed by atoms with Crippen LogP contribution in [0.25, 0.3) is 22.2 Å². The number of H-pyrrole nitrogens is 1. The first-order chi connectivity index (χ1) is 10.9. The van der Waals surface area contributed by atoms with Crippen LogP contribution in [0.2, 0.25) is 0 Å². The number of rotatable bonds is 3. The molecule has 0 amide bonds. The van der Waals surface area contributed by atoms with Gasteiger partial charge in [0.1, 0.15) is 5.82 Å². The number of anilines is 2. The summed E-state index contributed by atoms with van der Waals surface area (Å²) < 4.78 is 0. The molecule has 6 heteroatoms. The minimum absolute atomic E-state index is 0.509. The Kier molecular flexibility index (Phi) is 2.97. The van der Waals surface area contributed by atoms with E-state index >= 15 is 0 Å². The Morgan fingerprint density at radius 2 is 1.95 bits per heavy atom. The molecule has 4 rings (SSSR count). The minimum Gasteiger partial charge on any atom is -0.360 e. The Morgan fingerprint density at radius 1 is 0.955 bits per heavy atom. The Hall–Kier alpha value is -3.28. The summed E-state index contributed by atoms with van der Waals surface area (Å²) in [6, 6.07) is 9.45. The summed E-state index contributed by atoms with van der Waals surface area (Å²) in [5.41, 5.74) is 2.85. The van der Waals surface area contributed by atoms with Gasteiger partial charge in [-0.2, -0.15) is 0 Å². The summed E-state index contributed by atoms with van der Waals surface area (Å²) in [6.07, 6.45) is 8.96. The van der Waals surface area contributed by atoms with E-state index in [0.29, 0.717) is 11.8 Å². The Labute approximate surface area is 126 Å². The van der Waals surface area contributed by atoms with E-state index in [1.165, 1.54) is 0 Å². The molecule has 0 bridgehead atoms. The van der Waals surface area contributed by atoms with E-state index in [1.807, 2.05) is 42.7 Å². The lowest BCUT2D eigenvalue weighted by Gasteiger charge is -2.05. The highest BCUT2D eigenvalue weighted by atomic mass is 15.1. The van der Waals surface area contributed by atoms with Gasteiger partial charge in [0.2, 0.25) is 5.95 Å². The van der Waals surface area contributed by atoms with Crippen molar-refractivity contribution < 1.29 is 0 Å². The van der Waals surface area contributed by atoms with E-state index in [2.05, 4.69) is 30.2 Å². The van der Waals surface area contributed by atoms with Crippen molar-refractivity contribution in [3.63, 3.8) is 0 Å². The Morgan fingerprint density at radius 3 is 2.86 bits per heavy atom. The number of nitrogens with zero attached hydrogens (tertiary/aromatic N) is 4. The molecule has 2 N–H and O–H groups in total. The van der Waals surface area contributed by atoms with Crippen LogP contribution in [0.1, 0.15) is 0 Å². The zero-order valence-electron chi connectivity index (χ0n) is 11.6. The van der Waals surface area contributed by atoms with Crippen LogP contribution in [-0.4, -0.2) is 24.9 Å². The van der Waals surface area contributed by atoms with Gasteiger partial charge >= 0.3 is 0 Å². The van der Waals surface area contributed by atoms with Gasteiger partial charge in [0, 0.05) is 47.5 Å². The normalized spacial score (nSPS) is 10.7. The predicted molar refractivity (Wildman–Crippen MR) is 84.6 cm³/mol. The number of hydrogen-bond acceptors (Lipinski definition) is 5. The van der Waals surface area contributed by atoms with E-state index in [9.17, 15) is 0 Å². The van der Waals surface area contributed by atoms with Crippen LogP contribution in [0.5, 0.6) is 0 Å². The van der Waals surface area contributed by atoms with Gasteiger partial charge in [0.25, 0.3) is 0 Å². The molecule has 0 spiro atoms. The fourth-order valence-corrected chi connectivity index (χ4v) is 2.29. The molecule has 0 saturated carbocycles. The predicted octanol–water partition coefficient (Wildman–Crippen LogP) is 3.16. The molecule has 0 radical (unpaired) electrons. The number of aromatic nitrogens is 5. The zero-order chi connectivity index (χ0) is 14.8. The largest absolute Gasteiger partial charge is 0.360 e. The summed E-state index contributed by atoms with van der Waals surface area (Å²) in [5, 5.41) is 4.13. The highest BCUT2D eigenvalue weighted by molar-refractivity contribution is 5.93. The van der Waals surface area contributed by atoms with Crippen molar-refractivity contribution in [3.05, 3.63) is 61.3 Å². The van der Waals surface area contributed by atoms with Crippen LogP contribution in [-0.2, 0) is 0 Å².